The number of benzene rings is 3. The number of ether oxygens (including phenoxy) is 2. The van der Waals surface area contributed by atoms with Gasteiger partial charge in [0.2, 0.25) is 0 Å². The molecule has 3 rings (SSSR count). The lowest BCUT2D eigenvalue weighted by Gasteiger charge is -2.19. The maximum atomic E-state index is 13.0. The van der Waals surface area contributed by atoms with Gasteiger partial charge in [0.25, 0.3) is 5.91 Å². The van der Waals surface area contributed by atoms with Gasteiger partial charge in [0.15, 0.2) is 11.5 Å². The summed E-state index contributed by atoms with van der Waals surface area (Å²) in [5, 5.41) is 21.4. The highest BCUT2D eigenvalue weighted by molar-refractivity contribution is 5.98. The molecule has 0 aliphatic rings. The molecule has 0 radical (unpaired) electrons. The van der Waals surface area contributed by atoms with E-state index in [1.165, 1.54) is 0 Å². The highest BCUT2D eigenvalue weighted by Gasteiger charge is 2.20. The van der Waals surface area contributed by atoms with Gasteiger partial charge in [-0.3, -0.25) is 4.79 Å². The summed E-state index contributed by atoms with van der Waals surface area (Å²) in [5.74, 6) is 0.451. The fourth-order valence-electron chi connectivity index (χ4n) is 3.23. The summed E-state index contributed by atoms with van der Waals surface area (Å²) >= 11 is 0. The van der Waals surface area contributed by atoms with Gasteiger partial charge in [0, 0.05) is 6.61 Å². The zero-order valence-corrected chi connectivity index (χ0v) is 17.9. The monoisotopic (exact) mass is 435 g/mol. The van der Waals surface area contributed by atoms with Crippen molar-refractivity contribution in [1.82, 2.24) is 5.32 Å². The molecule has 3 aromatic carbocycles. The molecular weight excluding hydrogens is 406 g/mol. The molecule has 0 heterocycles. The Bertz CT molecular complexity index is 962. The summed E-state index contributed by atoms with van der Waals surface area (Å²) in [6.45, 7) is 0.404. The van der Waals surface area contributed by atoms with Crippen LogP contribution in [0.4, 0.5) is 0 Å². The summed E-state index contributed by atoms with van der Waals surface area (Å²) in [7, 11) is 0. The number of rotatable bonds is 12. The largest absolute Gasteiger partial charge is 0.485 e. The van der Waals surface area contributed by atoms with Crippen LogP contribution in [0.5, 0.6) is 11.5 Å². The molecule has 1 amide bonds. The average Bonchev–Trinajstić information content (AvgIpc) is 2.85. The van der Waals surface area contributed by atoms with Crippen LogP contribution >= 0.6 is 0 Å². The zero-order valence-electron chi connectivity index (χ0n) is 17.9. The molecule has 0 fully saturated rings. The van der Waals surface area contributed by atoms with Crippen molar-refractivity contribution in [2.24, 2.45) is 0 Å². The molecule has 1 unspecified atom stereocenters. The van der Waals surface area contributed by atoms with E-state index < -0.39 is 6.04 Å². The Morgan fingerprint density at radius 2 is 1.44 bits per heavy atom. The lowest BCUT2D eigenvalue weighted by atomic mass is 10.1. The molecule has 6 nitrogen and oxygen atoms in total. The first-order valence-corrected chi connectivity index (χ1v) is 10.7. The summed E-state index contributed by atoms with van der Waals surface area (Å²) in [6, 6.07) is 24.2. The molecule has 0 aliphatic carbocycles. The van der Waals surface area contributed by atoms with Crippen molar-refractivity contribution in [2.75, 3.05) is 13.2 Å². The van der Waals surface area contributed by atoms with Gasteiger partial charge >= 0.3 is 0 Å². The third-order valence-electron chi connectivity index (χ3n) is 4.95. The maximum absolute atomic E-state index is 13.0. The number of amides is 1. The Kier molecular flexibility index (Phi) is 9.10. The third-order valence-corrected chi connectivity index (χ3v) is 4.95. The summed E-state index contributed by atoms with van der Waals surface area (Å²) in [6.07, 6.45) is 0.965. The Morgan fingerprint density at radius 1 is 0.812 bits per heavy atom. The Morgan fingerprint density at radius 3 is 2.03 bits per heavy atom. The van der Waals surface area contributed by atoms with E-state index in [0.717, 1.165) is 11.1 Å². The average molecular weight is 436 g/mol. The van der Waals surface area contributed by atoms with Crippen LogP contribution in [-0.2, 0) is 13.2 Å². The van der Waals surface area contributed by atoms with Gasteiger partial charge in [0.05, 0.1) is 18.2 Å². The van der Waals surface area contributed by atoms with Crippen molar-refractivity contribution in [2.45, 2.75) is 32.1 Å². The number of carbonyl (C=O) groups is 1. The number of aliphatic hydroxyl groups is 2. The highest BCUT2D eigenvalue weighted by Crippen LogP contribution is 2.33. The molecule has 0 aromatic heterocycles. The summed E-state index contributed by atoms with van der Waals surface area (Å²) in [5.41, 5.74) is 2.29. The number of hydrogen-bond donors (Lipinski definition) is 3. The lowest BCUT2D eigenvalue weighted by molar-refractivity contribution is 0.0903. The summed E-state index contributed by atoms with van der Waals surface area (Å²) < 4.78 is 12.1. The van der Waals surface area contributed by atoms with Gasteiger partial charge in [0.1, 0.15) is 13.2 Å². The van der Waals surface area contributed by atoms with Gasteiger partial charge in [-0.15, -0.1) is 0 Å². The number of hydrogen-bond acceptors (Lipinski definition) is 5. The predicted octanol–water partition coefficient (Wildman–Crippen LogP) is 3.71. The highest BCUT2D eigenvalue weighted by atomic mass is 16.5. The van der Waals surface area contributed by atoms with E-state index in [-0.39, 0.29) is 25.7 Å². The van der Waals surface area contributed by atoms with Crippen LogP contribution in [0, 0.1) is 0 Å². The Balaban J connectivity index is 1.82. The molecule has 6 heteroatoms. The lowest BCUT2D eigenvalue weighted by Crippen LogP contribution is -2.37. The van der Waals surface area contributed by atoms with Crippen LogP contribution in [-0.4, -0.2) is 35.4 Å². The minimum Gasteiger partial charge on any atom is -0.485 e. The molecule has 0 saturated carbocycles. The van der Waals surface area contributed by atoms with Gasteiger partial charge in [-0.25, -0.2) is 0 Å². The van der Waals surface area contributed by atoms with Gasteiger partial charge < -0.3 is 25.0 Å². The quantitative estimate of drug-likeness (QED) is 0.404. The van der Waals surface area contributed by atoms with Crippen LogP contribution < -0.4 is 14.8 Å². The third kappa shape index (κ3) is 6.83. The minimum atomic E-state index is -0.453. The molecule has 0 bridgehead atoms. The Labute approximate surface area is 188 Å². The maximum Gasteiger partial charge on any atom is 0.255 e. The molecule has 0 aliphatic heterocycles. The van der Waals surface area contributed by atoms with Gasteiger partial charge in [-0.05, 0) is 36.1 Å². The smallest absolute Gasteiger partial charge is 0.255 e. The number of aliphatic hydroxyl groups excluding tert-OH is 2. The van der Waals surface area contributed by atoms with Gasteiger partial charge in [-0.1, -0.05) is 66.7 Å². The van der Waals surface area contributed by atoms with E-state index in [1.807, 2.05) is 60.7 Å². The van der Waals surface area contributed by atoms with Crippen LogP contribution in [0.1, 0.15) is 34.3 Å². The first kappa shape index (κ1) is 23.3. The summed E-state index contributed by atoms with van der Waals surface area (Å²) in [4.78, 5) is 13.0. The fourth-order valence-corrected chi connectivity index (χ4v) is 3.23. The van der Waals surface area contributed by atoms with E-state index in [4.69, 9.17) is 14.6 Å². The normalized spacial score (nSPS) is 11.6. The number of para-hydroxylation sites is 1. The van der Waals surface area contributed by atoms with E-state index >= 15 is 0 Å². The second-order valence-corrected chi connectivity index (χ2v) is 7.40. The van der Waals surface area contributed by atoms with E-state index in [1.54, 1.807) is 18.2 Å². The molecule has 3 N–H and O–H groups in total. The molecule has 168 valence electrons. The second kappa shape index (κ2) is 12.5. The SMILES string of the molecule is O=C(NC(CO)CCCO)c1cccc(OCc2ccccc2)c1OCc1ccccc1. The van der Waals surface area contributed by atoms with E-state index in [0.29, 0.717) is 36.5 Å². The first-order valence-electron chi connectivity index (χ1n) is 10.7. The van der Waals surface area contributed by atoms with Crippen LogP contribution in [0.3, 0.4) is 0 Å². The van der Waals surface area contributed by atoms with Crippen molar-refractivity contribution < 1.29 is 24.5 Å². The minimum absolute atomic E-state index is 0.000613. The van der Waals surface area contributed by atoms with Crippen molar-refractivity contribution in [3.8, 4) is 11.5 Å². The fraction of sp³-hybridized carbons (Fsp3) is 0.269. The molecule has 32 heavy (non-hydrogen) atoms. The molecule has 0 saturated heterocycles. The standard InChI is InChI=1S/C26H29NO5/c28-16-8-13-22(17-29)27-26(30)23-14-7-15-24(31-18-20-9-3-1-4-10-20)25(23)32-19-21-11-5-2-6-12-21/h1-7,9-12,14-15,22,28-29H,8,13,16-19H2,(H,27,30). The molecule has 0 spiro atoms. The molecular formula is C26H29NO5. The van der Waals surface area contributed by atoms with E-state index in [9.17, 15) is 9.90 Å². The zero-order chi connectivity index (χ0) is 22.6. The molecule has 1 atom stereocenters. The predicted molar refractivity (Wildman–Crippen MR) is 123 cm³/mol. The second-order valence-electron chi connectivity index (χ2n) is 7.40. The van der Waals surface area contributed by atoms with Crippen molar-refractivity contribution in [3.05, 3.63) is 95.6 Å². The molecule has 3 aromatic rings. The van der Waals surface area contributed by atoms with Crippen molar-refractivity contribution >= 4 is 5.91 Å². The Hall–Kier alpha value is -3.35. The number of carbonyl (C=O) groups excluding carboxylic acids is 1. The topological polar surface area (TPSA) is 88.0 Å². The number of nitrogens with one attached hydrogen (secondary N) is 1. The first-order chi connectivity index (χ1) is 15.7. The van der Waals surface area contributed by atoms with Crippen LogP contribution in [0.25, 0.3) is 0 Å². The van der Waals surface area contributed by atoms with Gasteiger partial charge in [-0.2, -0.15) is 0 Å². The van der Waals surface area contributed by atoms with Crippen molar-refractivity contribution in [3.63, 3.8) is 0 Å². The van der Waals surface area contributed by atoms with Crippen LogP contribution in [0.15, 0.2) is 78.9 Å². The van der Waals surface area contributed by atoms with Crippen molar-refractivity contribution in [1.29, 1.82) is 0 Å². The van der Waals surface area contributed by atoms with Crippen LogP contribution in [0.2, 0.25) is 0 Å². The van der Waals surface area contributed by atoms with E-state index in [2.05, 4.69) is 5.32 Å².